The van der Waals surface area contributed by atoms with Gasteiger partial charge in [0.15, 0.2) is 5.67 Å². The fraction of sp³-hybridized carbons (Fsp3) is 1.00. The molecule has 0 radical (unpaired) electrons. The third kappa shape index (κ3) is 3.08. The summed E-state index contributed by atoms with van der Waals surface area (Å²) in [4.78, 5) is 0. The van der Waals surface area contributed by atoms with E-state index >= 15 is 0 Å². The van der Waals surface area contributed by atoms with Gasteiger partial charge in [-0.25, -0.2) is 4.39 Å². The normalized spacial score (nSPS) is 18.0. The lowest BCUT2D eigenvalue weighted by atomic mass is 10.1. The molecule has 0 rings (SSSR count). The minimum absolute atomic E-state index is 0.527. The summed E-state index contributed by atoms with van der Waals surface area (Å²) in [5, 5.41) is 0. The SMILES string of the molecule is CCC(F)(F)OC(F)(F)C(C)(F)CC. The highest BCUT2D eigenvalue weighted by Crippen LogP contribution is 2.40. The van der Waals surface area contributed by atoms with Crippen molar-refractivity contribution in [2.24, 2.45) is 0 Å². The van der Waals surface area contributed by atoms with E-state index in [1.165, 1.54) is 0 Å². The van der Waals surface area contributed by atoms with Gasteiger partial charge in [0.1, 0.15) is 0 Å². The Morgan fingerprint density at radius 1 is 0.929 bits per heavy atom. The van der Waals surface area contributed by atoms with E-state index in [0.29, 0.717) is 6.92 Å². The molecule has 0 aromatic carbocycles. The van der Waals surface area contributed by atoms with Crippen molar-refractivity contribution in [1.29, 1.82) is 0 Å². The summed E-state index contributed by atoms with van der Waals surface area (Å²) in [6.45, 7) is 2.62. The highest BCUT2D eigenvalue weighted by molar-refractivity contribution is 4.82. The first-order chi connectivity index (χ1) is 6.08. The van der Waals surface area contributed by atoms with Gasteiger partial charge in [-0.3, -0.25) is 4.74 Å². The molecular formula is C8H13F5O. The molecule has 0 aliphatic carbocycles. The standard InChI is InChI=1S/C8H13F5O/c1-4-6(3,9)8(12,13)14-7(10,11)5-2/h4-5H2,1-3H3. The Morgan fingerprint density at radius 3 is 1.64 bits per heavy atom. The topological polar surface area (TPSA) is 9.23 Å². The highest BCUT2D eigenvalue weighted by atomic mass is 19.3. The average molecular weight is 220 g/mol. The molecule has 0 saturated heterocycles. The molecule has 0 aromatic heterocycles. The number of hydrogen-bond acceptors (Lipinski definition) is 1. The van der Waals surface area contributed by atoms with Crippen LogP contribution in [0.15, 0.2) is 0 Å². The maximum Gasteiger partial charge on any atom is 0.393 e. The summed E-state index contributed by atoms with van der Waals surface area (Å²) in [7, 11) is 0. The van der Waals surface area contributed by atoms with Crippen molar-refractivity contribution in [1.82, 2.24) is 0 Å². The molecule has 0 spiro atoms. The molecule has 0 aliphatic heterocycles. The third-order valence-corrected chi connectivity index (χ3v) is 1.96. The quantitative estimate of drug-likeness (QED) is 0.641. The Morgan fingerprint density at radius 2 is 1.36 bits per heavy atom. The summed E-state index contributed by atoms with van der Waals surface area (Å²) >= 11 is 0. The molecule has 1 nitrogen and oxygen atoms in total. The third-order valence-electron chi connectivity index (χ3n) is 1.96. The molecule has 14 heavy (non-hydrogen) atoms. The van der Waals surface area contributed by atoms with Crippen LogP contribution in [0, 0.1) is 0 Å². The number of alkyl halides is 5. The Hall–Kier alpha value is -0.390. The molecule has 0 saturated carbocycles. The maximum atomic E-state index is 13.1. The van der Waals surface area contributed by atoms with Gasteiger partial charge >= 0.3 is 12.2 Å². The van der Waals surface area contributed by atoms with Crippen LogP contribution >= 0.6 is 0 Å². The van der Waals surface area contributed by atoms with Gasteiger partial charge in [0.2, 0.25) is 0 Å². The Labute approximate surface area is 79.2 Å². The first kappa shape index (κ1) is 13.6. The lowest BCUT2D eigenvalue weighted by Gasteiger charge is -2.31. The minimum Gasteiger partial charge on any atom is -0.253 e. The predicted octanol–water partition coefficient (Wildman–Crippen LogP) is 3.74. The number of rotatable bonds is 5. The van der Waals surface area contributed by atoms with Crippen LogP contribution < -0.4 is 0 Å². The first-order valence-electron chi connectivity index (χ1n) is 4.22. The summed E-state index contributed by atoms with van der Waals surface area (Å²) < 4.78 is 66.8. The van der Waals surface area contributed by atoms with Gasteiger partial charge in [-0.15, -0.1) is 0 Å². The molecule has 0 fully saturated rings. The van der Waals surface area contributed by atoms with E-state index in [-0.39, 0.29) is 0 Å². The number of hydrogen-bond donors (Lipinski definition) is 0. The molecule has 0 aliphatic rings. The van der Waals surface area contributed by atoms with E-state index < -0.39 is 30.7 Å². The van der Waals surface area contributed by atoms with E-state index in [0.717, 1.165) is 13.8 Å². The zero-order chi connectivity index (χ0) is 11.6. The lowest BCUT2D eigenvalue weighted by Crippen LogP contribution is -2.47. The van der Waals surface area contributed by atoms with Crippen LogP contribution in [-0.4, -0.2) is 17.9 Å². The van der Waals surface area contributed by atoms with Crippen LogP contribution in [0.5, 0.6) is 0 Å². The van der Waals surface area contributed by atoms with Crippen molar-refractivity contribution in [3.05, 3.63) is 0 Å². The van der Waals surface area contributed by atoms with Gasteiger partial charge < -0.3 is 0 Å². The monoisotopic (exact) mass is 220 g/mol. The number of ether oxygens (including phenoxy) is 1. The van der Waals surface area contributed by atoms with Crippen molar-refractivity contribution in [3.8, 4) is 0 Å². The fourth-order valence-corrected chi connectivity index (χ4v) is 0.572. The fourth-order valence-electron chi connectivity index (χ4n) is 0.572. The molecule has 0 aromatic rings. The van der Waals surface area contributed by atoms with E-state index in [1.807, 2.05) is 0 Å². The molecule has 0 N–H and O–H groups in total. The zero-order valence-electron chi connectivity index (χ0n) is 8.21. The summed E-state index contributed by atoms with van der Waals surface area (Å²) in [6.07, 6.45) is -10.0. The van der Waals surface area contributed by atoms with Crippen LogP contribution in [0.1, 0.15) is 33.6 Å². The molecule has 0 amide bonds. The lowest BCUT2D eigenvalue weighted by molar-refractivity contribution is -0.408. The summed E-state index contributed by atoms with van der Waals surface area (Å²) in [5.74, 6) is 0. The second-order valence-electron chi connectivity index (χ2n) is 3.16. The van der Waals surface area contributed by atoms with Crippen molar-refractivity contribution >= 4 is 0 Å². The molecule has 0 heterocycles. The van der Waals surface area contributed by atoms with Crippen LogP contribution in [0.25, 0.3) is 0 Å². The van der Waals surface area contributed by atoms with Crippen molar-refractivity contribution in [2.45, 2.75) is 51.5 Å². The first-order valence-corrected chi connectivity index (χ1v) is 4.22. The van der Waals surface area contributed by atoms with Gasteiger partial charge in [0, 0.05) is 6.42 Å². The molecular weight excluding hydrogens is 207 g/mol. The summed E-state index contributed by atoms with van der Waals surface area (Å²) in [6, 6.07) is 0. The van der Waals surface area contributed by atoms with E-state index in [2.05, 4.69) is 4.74 Å². The Balaban J connectivity index is 4.64. The zero-order valence-corrected chi connectivity index (χ0v) is 8.21. The molecule has 0 bridgehead atoms. The minimum atomic E-state index is -4.48. The summed E-state index contributed by atoms with van der Waals surface area (Å²) in [5.41, 5.74) is -3.09. The molecule has 6 heteroatoms. The van der Waals surface area contributed by atoms with Crippen molar-refractivity contribution < 1.29 is 26.7 Å². The highest BCUT2D eigenvalue weighted by Gasteiger charge is 2.56. The maximum absolute atomic E-state index is 13.1. The van der Waals surface area contributed by atoms with Crippen molar-refractivity contribution in [2.75, 3.05) is 0 Å². The van der Waals surface area contributed by atoms with Crippen LogP contribution in [0.4, 0.5) is 22.0 Å². The largest absolute Gasteiger partial charge is 0.393 e. The Bertz CT molecular complexity index is 190. The van der Waals surface area contributed by atoms with Gasteiger partial charge in [-0.05, 0) is 13.3 Å². The van der Waals surface area contributed by atoms with Crippen molar-refractivity contribution in [3.63, 3.8) is 0 Å². The van der Waals surface area contributed by atoms with Gasteiger partial charge in [-0.1, -0.05) is 13.8 Å². The van der Waals surface area contributed by atoms with Gasteiger partial charge in [-0.2, -0.15) is 17.6 Å². The van der Waals surface area contributed by atoms with E-state index in [1.54, 1.807) is 0 Å². The average Bonchev–Trinajstić information content (AvgIpc) is 2.02. The predicted molar refractivity (Wildman–Crippen MR) is 41.1 cm³/mol. The second-order valence-corrected chi connectivity index (χ2v) is 3.16. The van der Waals surface area contributed by atoms with Crippen LogP contribution in [-0.2, 0) is 4.74 Å². The smallest absolute Gasteiger partial charge is 0.253 e. The molecule has 1 atom stereocenters. The van der Waals surface area contributed by atoms with Gasteiger partial charge in [0.05, 0.1) is 0 Å². The molecule has 86 valence electrons. The van der Waals surface area contributed by atoms with Crippen LogP contribution in [0.2, 0.25) is 0 Å². The van der Waals surface area contributed by atoms with Gasteiger partial charge in [0.25, 0.3) is 0 Å². The Kier molecular flexibility index (Phi) is 3.89. The molecule has 1 unspecified atom stereocenters. The van der Waals surface area contributed by atoms with E-state index in [9.17, 15) is 22.0 Å². The van der Waals surface area contributed by atoms with Crippen LogP contribution in [0.3, 0.4) is 0 Å². The second kappa shape index (κ2) is 4.00. The number of halogens is 5. The van der Waals surface area contributed by atoms with E-state index in [4.69, 9.17) is 0 Å².